The van der Waals surface area contributed by atoms with Gasteiger partial charge in [0.15, 0.2) is 11.5 Å². The number of rotatable bonds is 4. The summed E-state index contributed by atoms with van der Waals surface area (Å²) in [5, 5.41) is 4.75. The number of amides is 1. The Kier molecular flexibility index (Phi) is 4.41. The molecule has 6 heteroatoms. The smallest absolute Gasteiger partial charge is 0.277 e. The molecule has 0 atom stereocenters. The molecule has 1 aliphatic heterocycles. The van der Waals surface area contributed by atoms with E-state index in [1.807, 2.05) is 60.8 Å². The molecule has 3 aromatic carbocycles. The third-order valence-corrected chi connectivity index (χ3v) is 5.85. The molecule has 1 amide bonds. The van der Waals surface area contributed by atoms with Gasteiger partial charge < -0.3 is 14.4 Å². The Balaban J connectivity index is 1.48. The summed E-state index contributed by atoms with van der Waals surface area (Å²) in [5.41, 5.74) is 2.25. The first-order chi connectivity index (χ1) is 14.2. The van der Waals surface area contributed by atoms with Crippen molar-refractivity contribution < 1.29 is 14.3 Å². The van der Waals surface area contributed by atoms with Crippen molar-refractivity contribution in [2.45, 2.75) is 6.92 Å². The van der Waals surface area contributed by atoms with Gasteiger partial charge in [-0.1, -0.05) is 36.4 Å². The van der Waals surface area contributed by atoms with Crippen LogP contribution in [0.25, 0.3) is 21.3 Å². The van der Waals surface area contributed by atoms with Crippen LogP contribution in [-0.4, -0.2) is 24.2 Å². The molecule has 1 aromatic heterocycles. The maximum absolute atomic E-state index is 13.3. The molecule has 0 saturated heterocycles. The van der Waals surface area contributed by atoms with Gasteiger partial charge in [0.05, 0.1) is 5.69 Å². The molecule has 0 radical (unpaired) electrons. The summed E-state index contributed by atoms with van der Waals surface area (Å²) in [4.78, 5) is 19.7. The topological polar surface area (TPSA) is 51.7 Å². The quantitative estimate of drug-likeness (QED) is 0.461. The first kappa shape index (κ1) is 17.7. The van der Waals surface area contributed by atoms with Crippen molar-refractivity contribution in [1.82, 2.24) is 4.98 Å². The van der Waals surface area contributed by atoms with Crippen molar-refractivity contribution >= 4 is 33.7 Å². The molecule has 5 rings (SSSR count). The summed E-state index contributed by atoms with van der Waals surface area (Å²) in [6.45, 7) is 2.77. The first-order valence-corrected chi connectivity index (χ1v) is 10.3. The molecular weight excluding hydrogens is 384 g/mol. The number of benzene rings is 3. The van der Waals surface area contributed by atoms with E-state index >= 15 is 0 Å². The molecule has 0 aliphatic carbocycles. The van der Waals surface area contributed by atoms with E-state index in [1.165, 1.54) is 11.3 Å². The molecule has 144 valence electrons. The number of nitrogens with zero attached hydrogens (tertiary/aromatic N) is 2. The van der Waals surface area contributed by atoms with E-state index in [9.17, 15) is 4.79 Å². The lowest BCUT2D eigenvalue weighted by atomic mass is 10.1. The number of fused-ring (bicyclic) bond motifs is 2. The number of hydrogen-bond acceptors (Lipinski definition) is 5. The van der Waals surface area contributed by atoms with Gasteiger partial charge in [-0.05, 0) is 36.6 Å². The van der Waals surface area contributed by atoms with Crippen molar-refractivity contribution in [3.05, 3.63) is 71.7 Å². The van der Waals surface area contributed by atoms with Gasteiger partial charge in [0, 0.05) is 22.9 Å². The number of anilines is 1. The van der Waals surface area contributed by atoms with Crippen molar-refractivity contribution in [3.8, 4) is 22.1 Å². The van der Waals surface area contributed by atoms with E-state index in [-0.39, 0.29) is 12.7 Å². The maximum atomic E-state index is 13.3. The Hall–Kier alpha value is -3.38. The van der Waals surface area contributed by atoms with Crippen LogP contribution >= 0.6 is 11.3 Å². The fourth-order valence-corrected chi connectivity index (χ4v) is 4.33. The molecule has 29 heavy (non-hydrogen) atoms. The summed E-state index contributed by atoms with van der Waals surface area (Å²) >= 11 is 1.45. The van der Waals surface area contributed by atoms with Crippen LogP contribution in [0.5, 0.6) is 11.5 Å². The van der Waals surface area contributed by atoms with Crippen LogP contribution in [0.4, 0.5) is 5.69 Å². The highest BCUT2D eigenvalue weighted by atomic mass is 32.1. The third kappa shape index (κ3) is 3.11. The van der Waals surface area contributed by atoms with Crippen molar-refractivity contribution in [2.75, 3.05) is 18.2 Å². The lowest BCUT2D eigenvalue weighted by Gasteiger charge is -2.22. The number of carbonyl (C=O) groups is 1. The second-order valence-corrected chi connectivity index (χ2v) is 7.51. The van der Waals surface area contributed by atoms with Crippen LogP contribution < -0.4 is 14.4 Å². The van der Waals surface area contributed by atoms with Gasteiger partial charge in [-0.15, -0.1) is 11.3 Å². The van der Waals surface area contributed by atoms with Gasteiger partial charge in [0.25, 0.3) is 5.91 Å². The second kappa shape index (κ2) is 7.22. The molecule has 0 fully saturated rings. The minimum absolute atomic E-state index is 0.105. The Bertz CT molecular complexity index is 1210. The SMILES string of the molecule is CCN(C(=O)c1csc(-c2ccc3c(c2)OCO3)n1)c1cccc2ccccc12. The average molecular weight is 402 g/mol. The lowest BCUT2D eigenvalue weighted by molar-refractivity contribution is 0.0984. The third-order valence-electron chi connectivity index (χ3n) is 4.96. The van der Waals surface area contributed by atoms with Crippen LogP contribution in [0.3, 0.4) is 0 Å². The standard InChI is InChI=1S/C23H18N2O3S/c1-2-25(19-9-5-7-15-6-3-4-8-17(15)19)23(26)18-13-29-22(24-18)16-10-11-20-21(12-16)28-14-27-20/h3-13H,2,14H2,1H3. The maximum Gasteiger partial charge on any atom is 0.277 e. The Morgan fingerprint density at radius 1 is 1.07 bits per heavy atom. The van der Waals surface area contributed by atoms with E-state index in [0.717, 1.165) is 32.8 Å². The fraction of sp³-hybridized carbons (Fsp3) is 0.130. The first-order valence-electron chi connectivity index (χ1n) is 9.40. The van der Waals surface area contributed by atoms with E-state index in [1.54, 1.807) is 4.90 Å². The fourth-order valence-electron chi connectivity index (χ4n) is 3.54. The molecule has 0 unspecified atom stereocenters. The van der Waals surface area contributed by atoms with Gasteiger partial charge in [-0.3, -0.25) is 4.79 Å². The molecule has 0 saturated carbocycles. The van der Waals surface area contributed by atoms with E-state index in [2.05, 4.69) is 17.1 Å². The minimum Gasteiger partial charge on any atom is -0.454 e. The van der Waals surface area contributed by atoms with E-state index in [0.29, 0.717) is 18.0 Å². The number of hydrogen-bond donors (Lipinski definition) is 0. The number of ether oxygens (including phenoxy) is 2. The highest BCUT2D eigenvalue weighted by Crippen LogP contribution is 2.37. The number of aromatic nitrogens is 1. The molecule has 0 spiro atoms. The van der Waals surface area contributed by atoms with Gasteiger partial charge >= 0.3 is 0 Å². The largest absolute Gasteiger partial charge is 0.454 e. The molecule has 1 aliphatic rings. The van der Waals surface area contributed by atoms with Crippen LogP contribution in [0.2, 0.25) is 0 Å². The highest BCUT2D eigenvalue weighted by Gasteiger charge is 2.22. The normalized spacial score (nSPS) is 12.3. The summed E-state index contributed by atoms with van der Waals surface area (Å²) < 4.78 is 10.8. The zero-order valence-corrected chi connectivity index (χ0v) is 16.6. The average Bonchev–Trinajstić information content (AvgIpc) is 3.43. The summed E-state index contributed by atoms with van der Waals surface area (Å²) in [7, 11) is 0. The van der Waals surface area contributed by atoms with Crippen molar-refractivity contribution in [1.29, 1.82) is 0 Å². The van der Waals surface area contributed by atoms with E-state index in [4.69, 9.17) is 9.47 Å². The predicted octanol–water partition coefficient (Wildman–Crippen LogP) is 5.36. The molecular formula is C23H18N2O3S. The monoisotopic (exact) mass is 402 g/mol. The zero-order valence-electron chi connectivity index (χ0n) is 15.8. The molecule has 4 aromatic rings. The van der Waals surface area contributed by atoms with Crippen LogP contribution in [-0.2, 0) is 0 Å². The van der Waals surface area contributed by atoms with Crippen molar-refractivity contribution in [2.24, 2.45) is 0 Å². The van der Waals surface area contributed by atoms with Crippen LogP contribution in [0.1, 0.15) is 17.4 Å². The lowest BCUT2D eigenvalue weighted by Crippen LogP contribution is -2.31. The van der Waals surface area contributed by atoms with Gasteiger partial charge in [-0.25, -0.2) is 4.98 Å². The van der Waals surface area contributed by atoms with Crippen LogP contribution in [0, 0.1) is 0 Å². The van der Waals surface area contributed by atoms with Crippen LogP contribution in [0.15, 0.2) is 66.0 Å². The van der Waals surface area contributed by atoms with Crippen molar-refractivity contribution in [3.63, 3.8) is 0 Å². The van der Waals surface area contributed by atoms with E-state index < -0.39 is 0 Å². The number of thiazole rings is 1. The Morgan fingerprint density at radius 2 is 1.90 bits per heavy atom. The van der Waals surface area contributed by atoms with Gasteiger partial charge in [0.1, 0.15) is 10.7 Å². The predicted molar refractivity (Wildman–Crippen MR) is 115 cm³/mol. The Morgan fingerprint density at radius 3 is 2.79 bits per heavy atom. The molecule has 2 heterocycles. The summed E-state index contributed by atoms with van der Waals surface area (Å²) in [6.07, 6.45) is 0. The molecule has 0 bridgehead atoms. The summed E-state index contributed by atoms with van der Waals surface area (Å²) in [5.74, 6) is 1.33. The second-order valence-electron chi connectivity index (χ2n) is 6.65. The minimum atomic E-state index is -0.105. The van der Waals surface area contributed by atoms with Gasteiger partial charge in [-0.2, -0.15) is 0 Å². The molecule has 5 nitrogen and oxygen atoms in total. The van der Waals surface area contributed by atoms with Gasteiger partial charge in [0.2, 0.25) is 6.79 Å². The Labute approximate surface area is 172 Å². The molecule has 0 N–H and O–H groups in total. The summed E-state index contributed by atoms with van der Waals surface area (Å²) in [6, 6.07) is 19.8. The highest BCUT2D eigenvalue weighted by molar-refractivity contribution is 7.13. The number of carbonyl (C=O) groups excluding carboxylic acids is 1. The zero-order chi connectivity index (χ0) is 19.8.